The SMILES string of the molecule is CCCS(=O)(=O)CC(=O)N1CCC[C@H](c2ccn[nH]2)C1. The average Bonchev–Trinajstić information content (AvgIpc) is 2.92. The first-order valence-corrected chi connectivity index (χ1v) is 8.81. The maximum atomic E-state index is 12.1. The van der Waals surface area contributed by atoms with Gasteiger partial charge in [-0.05, 0) is 25.3 Å². The molecule has 0 unspecified atom stereocenters. The molecule has 1 atom stereocenters. The van der Waals surface area contributed by atoms with E-state index in [4.69, 9.17) is 0 Å². The third-order valence-corrected chi connectivity index (χ3v) is 5.31. The third kappa shape index (κ3) is 3.82. The summed E-state index contributed by atoms with van der Waals surface area (Å²) in [5.74, 6) is -0.334. The molecule has 7 heteroatoms. The Labute approximate surface area is 119 Å². The van der Waals surface area contributed by atoms with Crippen LogP contribution in [0.3, 0.4) is 0 Å². The maximum Gasteiger partial charge on any atom is 0.237 e. The number of carbonyl (C=O) groups excluding carboxylic acids is 1. The van der Waals surface area contributed by atoms with Crippen molar-refractivity contribution in [3.63, 3.8) is 0 Å². The van der Waals surface area contributed by atoms with Gasteiger partial charge in [0.1, 0.15) is 5.75 Å². The molecular weight excluding hydrogens is 278 g/mol. The number of amides is 1. The quantitative estimate of drug-likeness (QED) is 0.877. The molecule has 1 amide bonds. The van der Waals surface area contributed by atoms with Gasteiger partial charge in [0.05, 0.1) is 5.75 Å². The Morgan fingerprint density at radius 1 is 1.55 bits per heavy atom. The minimum absolute atomic E-state index is 0.0799. The van der Waals surface area contributed by atoms with Crippen LogP contribution in [0.1, 0.15) is 37.8 Å². The summed E-state index contributed by atoms with van der Waals surface area (Å²) in [6, 6.07) is 1.91. The summed E-state index contributed by atoms with van der Waals surface area (Å²) >= 11 is 0. The Kier molecular flexibility index (Phi) is 4.80. The molecule has 0 radical (unpaired) electrons. The number of H-pyrrole nitrogens is 1. The number of hydrogen-bond acceptors (Lipinski definition) is 4. The van der Waals surface area contributed by atoms with Gasteiger partial charge in [0, 0.05) is 30.9 Å². The molecule has 1 N–H and O–H groups in total. The molecule has 2 rings (SSSR count). The lowest BCUT2D eigenvalue weighted by atomic mass is 9.95. The van der Waals surface area contributed by atoms with Crippen LogP contribution in [0.2, 0.25) is 0 Å². The molecule has 2 heterocycles. The normalized spacial score (nSPS) is 20.1. The summed E-state index contributed by atoms with van der Waals surface area (Å²) < 4.78 is 23.5. The van der Waals surface area contributed by atoms with Crippen LogP contribution in [-0.4, -0.2) is 54.0 Å². The lowest BCUT2D eigenvalue weighted by molar-refractivity contribution is -0.129. The van der Waals surface area contributed by atoms with E-state index in [1.807, 2.05) is 6.07 Å². The molecule has 0 bridgehead atoms. The molecule has 6 nitrogen and oxygen atoms in total. The van der Waals surface area contributed by atoms with Crippen LogP contribution in [0.25, 0.3) is 0 Å². The number of piperidine rings is 1. The molecule has 0 saturated carbocycles. The van der Waals surface area contributed by atoms with Crippen molar-refractivity contribution >= 4 is 15.7 Å². The number of likely N-dealkylation sites (tertiary alicyclic amines) is 1. The molecule has 0 spiro atoms. The van der Waals surface area contributed by atoms with E-state index in [1.54, 1.807) is 18.0 Å². The minimum atomic E-state index is -3.26. The molecule has 1 aliphatic rings. The molecular formula is C13H21N3O3S. The fourth-order valence-corrected chi connectivity index (χ4v) is 3.94. The van der Waals surface area contributed by atoms with E-state index in [2.05, 4.69) is 10.2 Å². The van der Waals surface area contributed by atoms with Crippen molar-refractivity contribution in [3.05, 3.63) is 18.0 Å². The Morgan fingerprint density at radius 3 is 3.00 bits per heavy atom. The monoisotopic (exact) mass is 299 g/mol. The molecule has 0 aliphatic carbocycles. The first-order chi connectivity index (χ1) is 9.52. The van der Waals surface area contributed by atoms with Crippen molar-refractivity contribution in [2.24, 2.45) is 0 Å². The molecule has 1 aliphatic heterocycles. The van der Waals surface area contributed by atoms with E-state index in [9.17, 15) is 13.2 Å². The van der Waals surface area contributed by atoms with Gasteiger partial charge in [-0.2, -0.15) is 5.10 Å². The predicted octanol–water partition coefficient (Wildman–Crippen LogP) is 0.940. The topological polar surface area (TPSA) is 83.1 Å². The number of nitrogens with one attached hydrogen (secondary N) is 1. The standard InChI is InChI=1S/C13H21N3O3S/c1-2-8-20(18,19)10-13(17)16-7-3-4-11(9-16)12-5-6-14-15-12/h5-6,11H,2-4,7-10H2,1H3,(H,14,15)/t11-/m0/s1. The van der Waals surface area contributed by atoms with Gasteiger partial charge in [0.2, 0.25) is 5.91 Å². The van der Waals surface area contributed by atoms with Crippen molar-refractivity contribution in [2.75, 3.05) is 24.6 Å². The smallest absolute Gasteiger partial charge is 0.237 e. The second-order valence-corrected chi connectivity index (χ2v) is 7.47. The van der Waals surface area contributed by atoms with Crippen molar-refractivity contribution in [1.82, 2.24) is 15.1 Å². The van der Waals surface area contributed by atoms with Crippen LogP contribution >= 0.6 is 0 Å². The van der Waals surface area contributed by atoms with Crippen LogP contribution < -0.4 is 0 Å². The zero-order valence-corrected chi connectivity index (χ0v) is 12.5. The summed E-state index contributed by atoms with van der Waals surface area (Å²) in [5, 5.41) is 6.86. The molecule has 1 aromatic heterocycles. The first kappa shape index (κ1) is 15.0. The Morgan fingerprint density at radius 2 is 2.35 bits per heavy atom. The van der Waals surface area contributed by atoms with Gasteiger partial charge in [-0.25, -0.2) is 8.42 Å². The van der Waals surface area contributed by atoms with E-state index in [0.717, 1.165) is 18.5 Å². The molecule has 112 valence electrons. The van der Waals surface area contributed by atoms with Gasteiger partial charge in [-0.1, -0.05) is 6.92 Å². The highest BCUT2D eigenvalue weighted by molar-refractivity contribution is 7.92. The Bertz CT molecular complexity index is 539. The van der Waals surface area contributed by atoms with Gasteiger partial charge < -0.3 is 4.90 Å². The fourth-order valence-electron chi connectivity index (χ4n) is 2.61. The third-order valence-electron chi connectivity index (χ3n) is 3.59. The Balaban J connectivity index is 1.97. The lowest BCUT2D eigenvalue weighted by Gasteiger charge is -2.32. The number of carbonyl (C=O) groups is 1. The van der Waals surface area contributed by atoms with Crippen molar-refractivity contribution in [1.29, 1.82) is 0 Å². The van der Waals surface area contributed by atoms with Gasteiger partial charge in [0.15, 0.2) is 9.84 Å². The summed E-state index contributed by atoms with van der Waals surface area (Å²) in [7, 11) is -3.26. The van der Waals surface area contributed by atoms with Crippen LogP contribution in [0.4, 0.5) is 0 Å². The summed E-state index contributed by atoms with van der Waals surface area (Å²) in [6.07, 6.45) is 4.13. The number of sulfone groups is 1. The molecule has 1 fully saturated rings. The summed E-state index contributed by atoms with van der Waals surface area (Å²) in [6.45, 7) is 3.02. The highest BCUT2D eigenvalue weighted by atomic mass is 32.2. The second kappa shape index (κ2) is 6.39. The average molecular weight is 299 g/mol. The summed E-state index contributed by atoms with van der Waals surface area (Å²) in [4.78, 5) is 13.8. The minimum Gasteiger partial charge on any atom is -0.341 e. The number of aromatic amines is 1. The maximum absolute atomic E-state index is 12.1. The molecule has 20 heavy (non-hydrogen) atoms. The van der Waals surface area contributed by atoms with Gasteiger partial charge >= 0.3 is 0 Å². The zero-order valence-electron chi connectivity index (χ0n) is 11.7. The second-order valence-electron chi connectivity index (χ2n) is 5.28. The highest BCUT2D eigenvalue weighted by Gasteiger charge is 2.27. The number of hydrogen-bond donors (Lipinski definition) is 1. The first-order valence-electron chi connectivity index (χ1n) is 6.99. The van der Waals surface area contributed by atoms with E-state index < -0.39 is 9.84 Å². The van der Waals surface area contributed by atoms with E-state index >= 15 is 0 Å². The van der Waals surface area contributed by atoms with Crippen molar-refractivity contribution in [3.8, 4) is 0 Å². The van der Waals surface area contributed by atoms with Crippen LogP contribution in [0.15, 0.2) is 12.3 Å². The number of nitrogens with zero attached hydrogens (tertiary/aromatic N) is 2. The van der Waals surface area contributed by atoms with Gasteiger partial charge in [-0.15, -0.1) is 0 Å². The van der Waals surface area contributed by atoms with E-state index in [-0.39, 0.29) is 23.3 Å². The number of aromatic nitrogens is 2. The van der Waals surface area contributed by atoms with Crippen molar-refractivity contribution in [2.45, 2.75) is 32.1 Å². The zero-order chi connectivity index (χ0) is 14.6. The van der Waals surface area contributed by atoms with Crippen molar-refractivity contribution < 1.29 is 13.2 Å². The van der Waals surface area contributed by atoms with Gasteiger partial charge in [-0.3, -0.25) is 9.89 Å². The molecule has 1 aromatic rings. The molecule has 0 aromatic carbocycles. The molecule has 1 saturated heterocycles. The van der Waals surface area contributed by atoms with Gasteiger partial charge in [0.25, 0.3) is 0 Å². The number of rotatable bonds is 5. The van der Waals surface area contributed by atoms with E-state index in [1.165, 1.54) is 0 Å². The van der Waals surface area contributed by atoms with Crippen LogP contribution in [0.5, 0.6) is 0 Å². The van der Waals surface area contributed by atoms with Crippen LogP contribution in [0, 0.1) is 0 Å². The van der Waals surface area contributed by atoms with E-state index in [0.29, 0.717) is 19.5 Å². The Hall–Kier alpha value is -1.37. The fraction of sp³-hybridized carbons (Fsp3) is 0.692. The van der Waals surface area contributed by atoms with Crippen LogP contribution in [-0.2, 0) is 14.6 Å². The summed E-state index contributed by atoms with van der Waals surface area (Å²) in [5.41, 5.74) is 1.01. The predicted molar refractivity (Wildman–Crippen MR) is 76.1 cm³/mol. The largest absolute Gasteiger partial charge is 0.341 e. The lowest BCUT2D eigenvalue weighted by Crippen LogP contribution is -2.42. The highest BCUT2D eigenvalue weighted by Crippen LogP contribution is 2.25.